The third-order valence-electron chi connectivity index (χ3n) is 11.4. The fourth-order valence-electron chi connectivity index (χ4n) is 8.94. The van der Waals surface area contributed by atoms with E-state index >= 15 is 0 Å². The molecule has 0 bridgehead atoms. The maximum Gasteiger partial charge on any atom is 0.145 e. The maximum absolute atomic E-state index is 6.96. The van der Waals surface area contributed by atoms with Crippen LogP contribution in [0.2, 0.25) is 0 Å². The Labute approximate surface area is 326 Å². The highest BCUT2D eigenvalue weighted by Crippen LogP contribution is 2.51. The van der Waals surface area contributed by atoms with E-state index in [-0.39, 0.29) is 0 Å². The van der Waals surface area contributed by atoms with E-state index in [9.17, 15) is 0 Å². The molecule has 0 aliphatic heterocycles. The summed E-state index contributed by atoms with van der Waals surface area (Å²) >= 11 is 1.86. The molecule has 56 heavy (non-hydrogen) atoms. The van der Waals surface area contributed by atoms with Gasteiger partial charge in [0.05, 0.1) is 38.2 Å². The van der Waals surface area contributed by atoms with Gasteiger partial charge in [0.1, 0.15) is 11.2 Å². The minimum atomic E-state index is 0.868. The summed E-state index contributed by atoms with van der Waals surface area (Å²) in [5.41, 5.74) is 10.7. The van der Waals surface area contributed by atoms with E-state index in [2.05, 4.69) is 204 Å². The molecule has 0 aliphatic rings. The first-order valence-electron chi connectivity index (χ1n) is 19.0. The molecule has 0 unspecified atom stereocenters. The van der Waals surface area contributed by atoms with E-state index in [0.29, 0.717) is 0 Å². The summed E-state index contributed by atoms with van der Waals surface area (Å²) in [6, 6.07) is 70.1. The third kappa shape index (κ3) is 4.57. The number of aromatic nitrogens is 1. The van der Waals surface area contributed by atoms with E-state index in [1.165, 1.54) is 52.8 Å². The number of hydrogen-bond donors (Lipinski definition) is 0. The molecule has 0 saturated heterocycles. The van der Waals surface area contributed by atoms with Crippen molar-refractivity contribution in [3.63, 3.8) is 0 Å². The van der Waals surface area contributed by atoms with Gasteiger partial charge < -0.3 is 13.9 Å². The Hall–Kier alpha value is -7.14. The molecule has 0 spiro atoms. The van der Waals surface area contributed by atoms with Gasteiger partial charge >= 0.3 is 0 Å². The zero-order valence-electron chi connectivity index (χ0n) is 30.2. The van der Waals surface area contributed by atoms with Crippen molar-refractivity contribution in [3.05, 3.63) is 194 Å². The number of rotatable bonds is 5. The minimum Gasteiger partial charge on any atom is -0.455 e. The summed E-state index contributed by atoms with van der Waals surface area (Å²) in [6.07, 6.45) is 0. The summed E-state index contributed by atoms with van der Waals surface area (Å²) in [5.74, 6) is 0. The maximum atomic E-state index is 6.96. The molecule has 9 aromatic carbocycles. The van der Waals surface area contributed by atoms with Gasteiger partial charge in [-0.05, 0) is 71.6 Å². The molecule has 0 N–H and O–H groups in total. The lowest BCUT2D eigenvalue weighted by Gasteiger charge is -2.28. The van der Waals surface area contributed by atoms with Gasteiger partial charge in [-0.3, -0.25) is 0 Å². The molecule has 262 valence electrons. The quantitative estimate of drug-likeness (QED) is 0.176. The molecule has 12 aromatic rings. The summed E-state index contributed by atoms with van der Waals surface area (Å²) in [4.78, 5) is 2.47. The van der Waals surface area contributed by atoms with Gasteiger partial charge in [-0.15, -0.1) is 11.3 Å². The molecular weight excluding hydrogens is 701 g/mol. The average Bonchev–Trinajstić information content (AvgIpc) is 3.95. The third-order valence-corrected chi connectivity index (χ3v) is 12.6. The second-order valence-electron chi connectivity index (χ2n) is 14.4. The Morgan fingerprint density at radius 1 is 0.446 bits per heavy atom. The van der Waals surface area contributed by atoms with E-state index in [1.807, 2.05) is 11.3 Å². The van der Waals surface area contributed by atoms with Gasteiger partial charge in [-0.25, -0.2) is 0 Å². The van der Waals surface area contributed by atoms with Gasteiger partial charge in [-0.1, -0.05) is 133 Å². The van der Waals surface area contributed by atoms with Crippen molar-refractivity contribution in [1.29, 1.82) is 0 Å². The van der Waals surface area contributed by atoms with Crippen molar-refractivity contribution in [3.8, 4) is 16.8 Å². The normalized spacial score (nSPS) is 11.9. The van der Waals surface area contributed by atoms with Crippen molar-refractivity contribution in [2.45, 2.75) is 0 Å². The fraction of sp³-hybridized carbons (Fsp3) is 0. The van der Waals surface area contributed by atoms with Crippen LogP contribution in [-0.4, -0.2) is 4.57 Å². The van der Waals surface area contributed by atoms with Gasteiger partial charge in [0.15, 0.2) is 0 Å². The molecule has 3 heterocycles. The molecule has 3 nitrogen and oxygen atoms in total. The van der Waals surface area contributed by atoms with E-state index in [4.69, 9.17) is 4.42 Å². The largest absolute Gasteiger partial charge is 0.455 e. The van der Waals surface area contributed by atoms with Crippen LogP contribution in [0.5, 0.6) is 0 Å². The SMILES string of the molecule is c1cc(-c2ccc(N(c3cccc4ccccc34)c3cccc4c3sc3ccccc34)c3c2oc2ccccc23)cc(-n2c3ccccc3c3ccccc32)c1. The number of hydrogen-bond acceptors (Lipinski definition) is 3. The number of benzene rings is 9. The van der Waals surface area contributed by atoms with Crippen LogP contribution in [-0.2, 0) is 0 Å². The summed E-state index contributed by atoms with van der Waals surface area (Å²) < 4.78 is 11.9. The second-order valence-corrected chi connectivity index (χ2v) is 15.5. The molecule has 4 heteroatoms. The van der Waals surface area contributed by atoms with Crippen LogP contribution in [0.25, 0.3) is 91.5 Å². The Kier molecular flexibility index (Phi) is 6.80. The van der Waals surface area contributed by atoms with Crippen molar-refractivity contribution >= 4 is 103 Å². The zero-order chi connectivity index (χ0) is 36.7. The summed E-state index contributed by atoms with van der Waals surface area (Å²) in [6.45, 7) is 0. The van der Waals surface area contributed by atoms with Crippen LogP contribution in [0.4, 0.5) is 17.1 Å². The first-order chi connectivity index (χ1) is 27.8. The monoisotopic (exact) mass is 732 g/mol. The number of para-hydroxylation sites is 3. The van der Waals surface area contributed by atoms with Gasteiger partial charge in [0.25, 0.3) is 0 Å². The van der Waals surface area contributed by atoms with Crippen LogP contribution in [0.3, 0.4) is 0 Å². The van der Waals surface area contributed by atoms with Crippen molar-refractivity contribution < 1.29 is 4.42 Å². The van der Waals surface area contributed by atoms with Gasteiger partial charge in [0.2, 0.25) is 0 Å². The highest BCUT2D eigenvalue weighted by molar-refractivity contribution is 7.26. The first kappa shape index (κ1) is 31.2. The van der Waals surface area contributed by atoms with Crippen molar-refractivity contribution in [2.24, 2.45) is 0 Å². The molecule has 12 rings (SSSR count). The predicted molar refractivity (Wildman–Crippen MR) is 239 cm³/mol. The molecular formula is C52H32N2OS. The number of furan rings is 1. The predicted octanol–water partition coefficient (Wildman–Crippen LogP) is 15.3. The lowest BCUT2D eigenvalue weighted by molar-refractivity contribution is 0.670. The van der Waals surface area contributed by atoms with Crippen molar-refractivity contribution in [2.75, 3.05) is 4.90 Å². The summed E-state index contributed by atoms with van der Waals surface area (Å²) in [7, 11) is 0. The number of anilines is 3. The van der Waals surface area contributed by atoms with E-state index in [0.717, 1.165) is 55.8 Å². The molecule has 0 radical (unpaired) electrons. The molecule has 0 fully saturated rings. The lowest BCUT2D eigenvalue weighted by Crippen LogP contribution is -2.11. The highest BCUT2D eigenvalue weighted by Gasteiger charge is 2.25. The van der Waals surface area contributed by atoms with Crippen LogP contribution >= 0.6 is 11.3 Å². The Balaban J connectivity index is 1.14. The average molecular weight is 733 g/mol. The van der Waals surface area contributed by atoms with Crippen LogP contribution in [0, 0.1) is 0 Å². The highest BCUT2D eigenvalue weighted by atomic mass is 32.1. The minimum absolute atomic E-state index is 0.868. The Morgan fingerprint density at radius 2 is 1.07 bits per heavy atom. The van der Waals surface area contributed by atoms with Crippen LogP contribution < -0.4 is 4.90 Å². The number of fused-ring (bicyclic) bond motifs is 10. The zero-order valence-corrected chi connectivity index (χ0v) is 31.0. The molecule has 0 atom stereocenters. The first-order valence-corrected chi connectivity index (χ1v) is 19.8. The number of nitrogens with zero attached hydrogens (tertiary/aromatic N) is 2. The van der Waals surface area contributed by atoms with Crippen LogP contribution in [0.1, 0.15) is 0 Å². The second kappa shape index (κ2) is 12.2. The fourth-order valence-corrected chi connectivity index (χ4v) is 10.1. The van der Waals surface area contributed by atoms with Gasteiger partial charge in [0, 0.05) is 48.3 Å². The Bertz CT molecular complexity index is 3450. The van der Waals surface area contributed by atoms with E-state index < -0.39 is 0 Å². The van der Waals surface area contributed by atoms with Crippen molar-refractivity contribution in [1.82, 2.24) is 4.57 Å². The molecule has 0 saturated carbocycles. The molecule has 0 aliphatic carbocycles. The molecule has 0 amide bonds. The standard InChI is InChI=1S/C52H32N2OS/c1-2-18-36-33(14-1)15-12-26-43(36)54(47-27-13-23-41-40-21-6-10-29-49(40)56-52(41)47)46-31-30-37(51-50(46)42-22-5-9-28-48(42)55-51)34-16-11-17-35(32-34)53-44-24-7-3-19-38(44)39-20-4-8-25-45(39)53/h1-32H. The number of thiophene rings is 1. The smallest absolute Gasteiger partial charge is 0.145 e. The van der Waals surface area contributed by atoms with Crippen LogP contribution in [0.15, 0.2) is 199 Å². The Morgan fingerprint density at radius 3 is 1.91 bits per heavy atom. The van der Waals surface area contributed by atoms with Gasteiger partial charge in [-0.2, -0.15) is 0 Å². The lowest BCUT2D eigenvalue weighted by atomic mass is 9.98. The topological polar surface area (TPSA) is 21.3 Å². The van der Waals surface area contributed by atoms with E-state index in [1.54, 1.807) is 0 Å². The summed E-state index contributed by atoms with van der Waals surface area (Å²) in [5, 5.41) is 9.62. The molecule has 3 aromatic heterocycles.